The summed E-state index contributed by atoms with van der Waals surface area (Å²) >= 11 is 0. The molecule has 0 aromatic heterocycles. The lowest BCUT2D eigenvalue weighted by Crippen LogP contribution is -2.42. The highest BCUT2D eigenvalue weighted by molar-refractivity contribution is 5.93. The quantitative estimate of drug-likeness (QED) is 0.857. The fourth-order valence-corrected chi connectivity index (χ4v) is 3.75. The molecule has 0 saturated carbocycles. The van der Waals surface area contributed by atoms with E-state index in [4.69, 9.17) is 0 Å². The highest BCUT2D eigenvalue weighted by Crippen LogP contribution is 2.30. The summed E-state index contributed by atoms with van der Waals surface area (Å²) < 4.78 is 0. The highest BCUT2D eigenvalue weighted by Gasteiger charge is 2.28. The van der Waals surface area contributed by atoms with Gasteiger partial charge in [0.05, 0.1) is 6.42 Å². The second-order valence-electron chi connectivity index (χ2n) is 8.60. The SMILES string of the molecule is CC(C)(C)c1ccccc1NC(=O)C1CCN(C(=O)Cc2ccccc2)CC1. The van der Waals surface area contributed by atoms with Crippen molar-refractivity contribution in [3.63, 3.8) is 0 Å². The molecule has 0 bridgehead atoms. The van der Waals surface area contributed by atoms with Gasteiger partial charge >= 0.3 is 0 Å². The van der Waals surface area contributed by atoms with Crippen LogP contribution in [0.3, 0.4) is 0 Å². The molecule has 28 heavy (non-hydrogen) atoms. The van der Waals surface area contributed by atoms with Gasteiger partial charge in [-0.25, -0.2) is 0 Å². The largest absolute Gasteiger partial charge is 0.342 e. The van der Waals surface area contributed by atoms with Crippen LogP contribution in [0, 0.1) is 5.92 Å². The first-order valence-electron chi connectivity index (χ1n) is 10.1. The molecule has 3 rings (SSSR count). The molecule has 0 unspecified atom stereocenters. The van der Waals surface area contributed by atoms with Gasteiger partial charge in [0.2, 0.25) is 11.8 Å². The average molecular weight is 379 g/mol. The second kappa shape index (κ2) is 8.59. The van der Waals surface area contributed by atoms with E-state index in [1.165, 1.54) is 0 Å². The second-order valence-corrected chi connectivity index (χ2v) is 8.60. The van der Waals surface area contributed by atoms with E-state index in [1.54, 1.807) is 0 Å². The van der Waals surface area contributed by atoms with E-state index in [-0.39, 0.29) is 23.1 Å². The Morgan fingerprint density at radius 1 is 0.964 bits per heavy atom. The molecule has 1 fully saturated rings. The lowest BCUT2D eigenvalue weighted by Gasteiger charge is -2.32. The van der Waals surface area contributed by atoms with Gasteiger partial charge in [0.25, 0.3) is 0 Å². The van der Waals surface area contributed by atoms with Crippen LogP contribution < -0.4 is 5.32 Å². The van der Waals surface area contributed by atoms with E-state index >= 15 is 0 Å². The molecule has 1 aliphatic rings. The Hall–Kier alpha value is -2.62. The molecular formula is C24H30N2O2. The number of likely N-dealkylation sites (tertiary alicyclic amines) is 1. The maximum Gasteiger partial charge on any atom is 0.227 e. The first-order valence-corrected chi connectivity index (χ1v) is 10.1. The number of hydrogen-bond donors (Lipinski definition) is 1. The molecule has 2 aromatic rings. The standard InChI is InChI=1S/C24H30N2O2/c1-24(2,3)20-11-7-8-12-21(20)25-23(28)19-13-15-26(16-14-19)22(27)17-18-9-5-4-6-10-18/h4-12,19H,13-17H2,1-3H3,(H,25,28). The zero-order valence-electron chi connectivity index (χ0n) is 17.1. The lowest BCUT2D eigenvalue weighted by molar-refractivity contribution is -0.133. The minimum atomic E-state index is -0.0474. The average Bonchev–Trinajstić information content (AvgIpc) is 2.68. The summed E-state index contributed by atoms with van der Waals surface area (Å²) in [6.07, 6.45) is 1.85. The van der Waals surface area contributed by atoms with Crippen molar-refractivity contribution in [2.24, 2.45) is 5.92 Å². The molecule has 0 radical (unpaired) electrons. The number of nitrogens with zero attached hydrogens (tertiary/aromatic N) is 1. The van der Waals surface area contributed by atoms with Gasteiger partial charge in [0.1, 0.15) is 0 Å². The Balaban J connectivity index is 1.55. The highest BCUT2D eigenvalue weighted by atomic mass is 16.2. The molecule has 1 saturated heterocycles. The van der Waals surface area contributed by atoms with Crippen molar-refractivity contribution in [1.29, 1.82) is 0 Å². The maximum absolute atomic E-state index is 12.8. The Morgan fingerprint density at radius 3 is 2.21 bits per heavy atom. The molecule has 1 heterocycles. The number of nitrogens with one attached hydrogen (secondary N) is 1. The van der Waals surface area contributed by atoms with Crippen LogP contribution in [0.1, 0.15) is 44.7 Å². The van der Waals surface area contributed by atoms with Crippen LogP contribution in [0.5, 0.6) is 0 Å². The predicted molar refractivity (Wildman–Crippen MR) is 113 cm³/mol. The summed E-state index contributed by atoms with van der Waals surface area (Å²) in [7, 11) is 0. The number of anilines is 1. The van der Waals surface area contributed by atoms with Crippen LogP contribution in [0.15, 0.2) is 54.6 Å². The molecule has 2 amide bonds. The van der Waals surface area contributed by atoms with Gasteiger partial charge in [-0.2, -0.15) is 0 Å². The van der Waals surface area contributed by atoms with Crippen molar-refractivity contribution in [2.75, 3.05) is 18.4 Å². The van der Waals surface area contributed by atoms with Gasteiger partial charge in [-0.15, -0.1) is 0 Å². The number of benzene rings is 2. The Labute approximate surface area is 167 Å². The van der Waals surface area contributed by atoms with Gasteiger partial charge in [0.15, 0.2) is 0 Å². The molecule has 0 aliphatic carbocycles. The molecular weight excluding hydrogens is 348 g/mol. The first kappa shape index (κ1) is 20.1. The predicted octanol–water partition coefficient (Wildman–Crippen LogP) is 4.40. The van der Waals surface area contributed by atoms with Crippen molar-refractivity contribution in [1.82, 2.24) is 4.90 Å². The number of hydrogen-bond acceptors (Lipinski definition) is 2. The van der Waals surface area contributed by atoms with Gasteiger partial charge in [-0.3, -0.25) is 9.59 Å². The summed E-state index contributed by atoms with van der Waals surface area (Å²) in [6, 6.07) is 17.8. The monoisotopic (exact) mass is 378 g/mol. The van der Waals surface area contributed by atoms with E-state index in [1.807, 2.05) is 53.4 Å². The number of rotatable bonds is 4. The lowest BCUT2D eigenvalue weighted by atomic mass is 9.85. The summed E-state index contributed by atoms with van der Waals surface area (Å²) in [4.78, 5) is 27.2. The number of amides is 2. The molecule has 1 N–H and O–H groups in total. The first-order chi connectivity index (χ1) is 13.3. The minimum Gasteiger partial charge on any atom is -0.342 e. The molecule has 4 nitrogen and oxygen atoms in total. The van der Waals surface area contributed by atoms with Crippen LogP contribution in [-0.2, 0) is 21.4 Å². The molecule has 0 spiro atoms. The number of piperidine rings is 1. The van der Waals surface area contributed by atoms with Crippen LogP contribution in [0.4, 0.5) is 5.69 Å². The summed E-state index contributed by atoms with van der Waals surface area (Å²) in [6.45, 7) is 7.73. The van der Waals surface area contributed by atoms with E-state index in [9.17, 15) is 9.59 Å². The third-order valence-electron chi connectivity index (χ3n) is 5.41. The van der Waals surface area contributed by atoms with Gasteiger partial charge in [-0.05, 0) is 35.4 Å². The van der Waals surface area contributed by atoms with Gasteiger partial charge in [-0.1, -0.05) is 69.3 Å². The Morgan fingerprint density at radius 2 is 1.57 bits per heavy atom. The van der Waals surface area contributed by atoms with Crippen LogP contribution in [0.25, 0.3) is 0 Å². The molecule has 148 valence electrons. The number of carbonyl (C=O) groups is 2. The van der Waals surface area contributed by atoms with E-state index in [0.29, 0.717) is 32.4 Å². The summed E-state index contributed by atoms with van der Waals surface area (Å²) in [5, 5.41) is 3.13. The zero-order chi connectivity index (χ0) is 20.1. The van der Waals surface area contributed by atoms with Crippen molar-refractivity contribution < 1.29 is 9.59 Å². The maximum atomic E-state index is 12.8. The smallest absolute Gasteiger partial charge is 0.227 e. The third kappa shape index (κ3) is 5.00. The summed E-state index contributed by atoms with van der Waals surface area (Å²) in [5.41, 5.74) is 3.03. The molecule has 0 atom stereocenters. The van der Waals surface area contributed by atoms with Crippen molar-refractivity contribution >= 4 is 17.5 Å². The minimum absolute atomic E-state index is 0.0307. The zero-order valence-corrected chi connectivity index (χ0v) is 17.1. The van der Waals surface area contributed by atoms with Crippen LogP contribution in [-0.4, -0.2) is 29.8 Å². The molecule has 2 aromatic carbocycles. The van der Waals surface area contributed by atoms with E-state index in [0.717, 1.165) is 16.8 Å². The number of carbonyl (C=O) groups excluding carboxylic acids is 2. The molecule has 4 heteroatoms. The van der Waals surface area contributed by atoms with Gasteiger partial charge in [0, 0.05) is 24.7 Å². The van der Waals surface area contributed by atoms with E-state index < -0.39 is 0 Å². The fraction of sp³-hybridized carbons (Fsp3) is 0.417. The fourth-order valence-electron chi connectivity index (χ4n) is 3.75. The number of para-hydroxylation sites is 1. The van der Waals surface area contributed by atoms with Crippen LogP contribution >= 0.6 is 0 Å². The normalized spacial score (nSPS) is 15.3. The summed E-state index contributed by atoms with van der Waals surface area (Å²) in [5.74, 6) is 0.156. The van der Waals surface area contributed by atoms with Crippen molar-refractivity contribution in [2.45, 2.75) is 45.4 Å². The van der Waals surface area contributed by atoms with Crippen molar-refractivity contribution in [3.8, 4) is 0 Å². The molecule has 1 aliphatic heterocycles. The van der Waals surface area contributed by atoms with Crippen molar-refractivity contribution in [3.05, 3.63) is 65.7 Å². The topological polar surface area (TPSA) is 49.4 Å². The van der Waals surface area contributed by atoms with Gasteiger partial charge < -0.3 is 10.2 Å². The Kier molecular flexibility index (Phi) is 6.18. The van der Waals surface area contributed by atoms with Crippen LogP contribution in [0.2, 0.25) is 0 Å². The van der Waals surface area contributed by atoms with E-state index in [2.05, 4.69) is 32.2 Å². The third-order valence-corrected chi connectivity index (χ3v) is 5.41. The Bertz CT molecular complexity index is 816.